The fraction of sp³-hybridized carbons (Fsp3) is 0.286. The highest BCUT2D eigenvalue weighted by Crippen LogP contribution is 2.35. The van der Waals surface area contributed by atoms with Crippen LogP contribution in [-0.2, 0) is 17.6 Å². The minimum Gasteiger partial charge on any atom is -0.511 e. The molecule has 1 N–H and O–H groups in total. The highest BCUT2D eigenvalue weighted by atomic mass is 79.9. The minimum atomic E-state index is -0.103. The number of allylic oxidation sites excluding steroid dienone is 2. The minimum absolute atomic E-state index is 0.0264. The van der Waals surface area contributed by atoms with Crippen LogP contribution in [0.2, 0.25) is 0 Å². The van der Waals surface area contributed by atoms with Crippen molar-refractivity contribution in [2.75, 3.05) is 0 Å². The molecular weight excluding hydrogens is 508 g/mol. The van der Waals surface area contributed by atoms with E-state index in [1.165, 1.54) is 0 Å². The Hall–Kier alpha value is -3.32. The number of aliphatic hydroxyl groups is 1. The van der Waals surface area contributed by atoms with Gasteiger partial charge < -0.3 is 9.63 Å². The monoisotopic (exact) mass is 532 g/mol. The van der Waals surface area contributed by atoms with Gasteiger partial charge in [0.2, 0.25) is 0 Å². The molecule has 1 aromatic heterocycles. The molecule has 3 aromatic rings. The van der Waals surface area contributed by atoms with Gasteiger partial charge in [0.1, 0.15) is 11.5 Å². The van der Waals surface area contributed by atoms with Crippen molar-refractivity contribution in [3.8, 4) is 0 Å². The fourth-order valence-electron chi connectivity index (χ4n) is 4.87. The summed E-state index contributed by atoms with van der Waals surface area (Å²) < 4.78 is 6.54. The summed E-state index contributed by atoms with van der Waals surface area (Å²) in [7, 11) is 0. The predicted molar refractivity (Wildman–Crippen MR) is 136 cm³/mol. The number of aromatic nitrogens is 1. The number of carbonyl (C=O) groups excluding carboxylic acids is 2. The van der Waals surface area contributed by atoms with Gasteiger partial charge in [0.25, 0.3) is 0 Å². The zero-order chi connectivity index (χ0) is 24.4. The van der Waals surface area contributed by atoms with Crippen LogP contribution in [0, 0.1) is 0 Å². The molecule has 6 nitrogen and oxygen atoms in total. The summed E-state index contributed by atoms with van der Waals surface area (Å²) in [4.78, 5) is 30.5. The number of fused-ring (bicyclic) bond motifs is 1. The van der Waals surface area contributed by atoms with Gasteiger partial charge in [0, 0.05) is 30.2 Å². The number of benzene rings is 2. The highest BCUT2D eigenvalue weighted by Gasteiger charge is 2.33. The molecule has 1 atom stereocenters. The van der Waals surface area contributed by atoms with Gasteiger partial charge in [-0.05, 0) is 55.0 Å². The number of nitrogens with zero attached hydrogens (tertiary/aromatic N) is 2. The molecule has 0 saturated carbocycles. The number of halogens is 1. The SMILES string of the molecule is O=C1CCCC(O)=C1C(CCc1noc2c1C(=O)CC(c1ccccc1)C2)=Nc1ccc(Br)cc1. The average Bonchev–Trinajstić information content (AvgIpc) is 3.28. The van der Waals surface area contributed by atoms with E-state index in [1.54, 1.807) is 0 Å². The molecule has 0 fully saturated rings. The van der Waals surface area contributed by atoms with Crippen molar-refractivity contribution in [1.82, 2.24) is 5.16 Å². The molecule has 178 valence electrons. The number of rotatable bonds is 6. The van der Waals surface area contributed by atoms with Crippen LogP contribution in [-0.4, -0.2) is 27.5 Å². The zero-order valence-corrected chi connectivity index (χ0v) is 20.8. The summed E-state index contributed by atoms with van der Waals surface area (Å²) in [6.45, 7) is 0. The summed E-state index contributed by atoms with van der Waals surface area (Å²) in [5, 5.41) is 14.8. The summed E-state index contributed by atoms with van der Waals surface area (Å²) in [5.41, 5.74) is 3.76. The van der Waals surface area contributed by atoms with Crippen LogP contribution in [0.25, 0.3) is 0 Å². The number of Topliss-reactive ketones (excluding diaryl/α,β-unsaturated/α-hetero) is 2. The van der Waals surface area contributed by atoms with Gasteiger partial charge in [0.05, 0.1) is 28.2 Å². The Morgan fingerprint density at radius 2 is 1.80 bits per heavy atom. The normalized spacial score (nSPS) is 18.7. The number of ketones is 2. The third-order valence-electron chi connectivity index (χ3n) is 6.61. The maximum absolute atomic E-state index is 13.1. The first kappa shape index (κ1) is 23.4. The summed E-state index contributed by atoms with van der Waals surface area (Å²) in [5.74, 6) is 0.703. The van der Waals surface area contributed by atoms with Crippen LogP contribution >= 0.6 is 15.9 Å². The number of hydrogen-bond donors (Lipinski definition) is 1. The van der Waals surface area contributed by atoms with Crippen LogP contribution in [0.4, 0.5) is 5.69 Å². The van der Waals surface area contributed by atoms with Crippen molar-refractivity contribution < 1.29 is 19.2 Å². The molecule has 2 aliphatic carbocycles. The fourth-order valence-corrected chi connectivity index (χ4v) is 5.14. The molecule has 2 aliphatic rings. The van der Waals surface area contributed by atoms with Gasteiger partial charge in [-0.2, -0.15) is 0 Å². The van der Waals surface area contributed by atoms with Gasteiger partial charge >= 0.3 is 0 Å². The third-order valence-corrected chi connectivity index (χ3v) is 7.14. The second kappa shape index (κ2) is 10.1. The Kier molecular flexibility index (Phi) is 6.77. The van der Waals surface area contributed by atoms with Crippen LogP contribution in [0.5, 0.6) is 0 Å². The Bertz CT molecular complexity index is 1320. The van der Waals surface area contributed by atoms with Gasteiger partial charge in [0.15, 0.2) is 11.6 Å². The van der Waals surface area contributed by atoms with Crippen molar-refractivity contribution in [3.63, 3.8) is 0 Å². The van der Waals surface area contributed by atoms with E-state index in [0.717, 1.165) is 10.0 Å². The Balaban J connectivity index is 1.41. The lowest BCUT2D eigenvalue weighted by Crippen LogP contribution is -2.21. The summed E-state index contributed by atoms with van der Waals surface area (Å²) >= 11 is 3.42. The van der Waals surface area contributed by atoms with E-state index >= 15 is 0 Å². The predicted octanol–water partition coefficient (Wildman–Crippen LogP) is 6.62. The van der Waals surface area contributed by atoms with Gasteiger partial charge in [-0.15, -0.1) is 0 Å². The number of aryl methyl sites for hydroxylation is 1. The molecule has 0 saturated heterocycles. The van der Waals surface area contributed by atoms with E-state index in [1.807, 2.05) is 54.6 Å². The second-order valence-corrected chi connectivity index (χ2v) is 9.92. The molecule has 0 spiro atoms. The van der Waals surface area contributed by atoms with Crippen LogP contribution in [0.3, 0.4) is 0 Å². The van der Waals surface area contributed by atoms with Crippen molar-refractivity contribution in [1.29, 1.82) is 0 Å². The Morgan fingerprint density at radius 1 is 1.03 bits per heavy atom. The van der Waals surface area contributed by atoms with E-state index in [0.29, 0.717) is 78.9 Å². The lowest BCUT2D eigenvalue weighted by Gasteiger charge is -2.20. The first-order valence-corrected chi connectivity index (χ1v) is 12.6. The lowest BCUT2D eigenvalue weighted by molar-refractivity contribution is -0.115. The molecular formula is C28H25BrN2O4. The Labute approximate surface area is 211 Å². The van der Waals surface area contributed by atoms with Crippen LogP contribution in [0.15, 0.2) is 79.9 Å². The molecule has 0 aliphatic heterocycles. The molecule has 1 heterocycles. The van der Waals surface area contributed by atoms with Crippen molar-refractivity contribution >= 4 is 38.9 Å². The van der Waals surface area contributed by atoms with Gasteiger partial charge in [-0.1, -0.05) is 51.4 Å². The number of aliphatic hydroxyl groups excluding tert-OH is 1. The molecule has 1 unspecified atom stereocenters. The number of hydrogen-bond acceptors (Lipinski definition) is 6. The van der Waals surface area contributed by atoms with E-state index in [9.17, 15) is 14.7 Å². The number of carbonyl (C=O) groups is 2. The van der Waals surface area contributed by atoms with E-state index in [4.69, 9.17) is 9.52 Å². The van der Waals surface area contributed by atoms with Crippen molar-refractivity contribution in [3.05, 3.63) is 93.0 Å². The van der Waals surface area contributed by atoms with Crippen LogP contribution < -0.4 is 0 Å². The smallest absolute Gasteiger partial charge is 0.168 e. The van der Waals surface area contributed by atoms with Crippen molar-refractivity contribution in [2.24, 2.45) is 4.99 Å². The lowest BCUT2D eigenvalue weighted by atomic mass is 9.81. The number of aliphatic imine (C=N–C) groups is 1. The van der Waals surface area contributed by atoms with Gasteiger partial charge in [-0.25, -0.2) is 0 Å². The summed E-state index contributed by atoms with van der Waals surface area (Å²) in [6.07, 6.45) is 3.26. The first-order chi connectivity index (χ1) is 17.0. The second-order valence-electron chi connectivity index (χ2n) is 9.00. The van der Waals surface area contributed by atoms with E-state index in [-0.39, 0.29) is 23.2 Å². The summed E-state index contributed by atoms with van der Waals surface area (Å²) in [6, 6.07) is 17.4. The van der Waals surface area contributed by atoms with E-state index in [2.05, 4.69) is 21.1 Å². The van der Waals surface area contributed by atoms with Crippen molar-refractivity contribution in [2.45, 2.75) is 50.9 Å². The maximum Gasteiger partial charge on any atom is 0.168 e. The van der Waals surface area contributed by atoms with Gasteiger partial charge in [-0.3, -0.25) is 14.6 Å². The topological polar surface area (TPSA) is 92.8 Å². The molecule has 0 bridgehead atoms. The largest absolute Gasteiger partial charge is 0.511 e. The molecule has 7 heteroatoms. The first-order valence-electron chi connectivity index (χ1n) is 11.8. The molecule has 5 rings (SSSR count). The van der Waals surface area contributed by atoms with E-state index < -0.39 is 0 Å². The molecule has 35 heavy (non-hydrogen) atoms. The maximum atomic E-state index is 13.1. The average molecular weight is 533 g/mol. The van der Waals surface area contributed by atoms with Crippen LogP contribution in [0.1, 0.15) is 65.4 Å². The standard InChI is InChI=1S/C28H25BrN2O4/c29-19-9-11-20(12-10-19)30-21(27-23(32)7-4-8-24(27)33)13-14-22-28-25(34)15-18(16-26(28)35-31-22)17-5-2-1-3-6-17/h1-3,5-6,9-12,18,32H,4,7-8,13-16H2. The molecule has 2 aromatic carbocycles. The Morgan fingerprint density at radius 3 is 2.54 bits per heavy atom. The zero-order valence-electron chi connectivity index (χ0n) is 19.2. The third kappa shape index (κ3) is 5.05. The highest BCUT2D eigenvalue weighted by molar-refractivity contribution is 9.10. The quantitative estimate of drug-likeness (QED) is 0.360. The molecule has 0 amide bonds. The molecule has 0 radical (unpaired) electrons.